The first-order valence-corrected chi connectivity index (χ1v) is 4.87. The van der Waals surface area contributed by atoms with E-state index >= 15 is 0 Å². The summed E-state index contributed by atoms with van der Waals surface area (Å²) in [5, 5.41) is 9.68. The van der Waals surface area contributed by atoms with Crippen LogP contribution >= 0.6 is 11.6 Å². The van der Waals surface area contributed by atoms with Crippen molar-refractivity contribution in [3.63, 3.8) is 0 Å². The average Bonchev–Trinajstić information content (AvgIpc) is 2.09. The van der Waals surface area contributed by atoms with Crippen LogP contribution in [-0.4, -0.2) is 5.11 Å². The zero-order valence-corrected chi connectivity index (χ0v) is 9.18. The minimum atomic E-state index is -0.755. The Labute approximate surface area is 93.2 Å². The van der Waals surface area contributed by atoms with Crippen molar-refractivity contribution >= 4 is 11.6 Å². The summed E-state index contributed by atoms with van der Waals surface area (Å²) >= 11 is 5.67. The number of halogens is 2. The maximum Gasteiger partial charge on any atom is 0.166 e. The molecule has 0 aliphatic rings. The predicted molar refractivity (Wildman–Crippen MR) is 59.4 cm³/mol. The van der Waals surface area contributed by atoms with Crippen molar-refractivity contribution < 1.29 is 9.50 Å². The van der Waals surface area contributed by atoms with Crippen molar-refractivity contribution in [1.82, 2.24) is 0 Å². The molecule has 1 aromatic rings. The number of nitrogens with two attached hydrogens (primary N) is 1. The molecule has 1 atom stereocenters. The van der Waals surface area contributed by atoms with Crippen LogP contribution in [0.4, 0.5) is 4.39 Å². The van der Waals surface area contributed by atoms with Gasteiger partial charge in [0.15, 0.2) is 11.6 Å². The normalized spacial score (nSPS) is 12.5. The molecule has 0 aliphatic heterocycles. The van der Waals surface area contributed by atoms with Gasteiger partial charge in [-0.2, -0.15) is 0 Å². The van der Waals surface area contributed by atoms with Gasteiger partial charge < -0.3 is 10.8 Å². The summed E-state index contributed by atoms with van der Waals surface area (Å²) in [6, 6.07) is 2.03. The molecule has 0 spiro atoms. The third-order valence-corrected chi connectivity index (χ3v) is 2.24. The fourth-order valence-electron chi connectivity index (χ4n) is 1.35. The second kappa shape index (κ2) is 4.64. The molecular formula is C11H13ClFNO. The lowest BCUT2D eigenvalue weighted by atomic mass is 10.0. The Morgan fingerprint density at radius 3 is 2.80 bits per heavy atom. The first-order chi connectivity index (χ1) is 6.91. The number of aromatic hydroxyl groups is 1. The number of hydrogen-bond acceptors (Lipinski definition) is 2. The zero-order valence-electron chi connectivity index (χ0n) is 8.43. The van der Waals surface area contributed by atoms with Crippen LogP contribution in [0.15, 0.2) is 24.3 Å². The molecule has 0 aromatic heterocycles. The van der Waals surface area contributed by atoms with Crippen molar-refractivity contribution in [1.29, 1.82) is 0 Å². The van der Waals surface area contributed by atoms with Crippen LogP contribution < -0.4 is 5.73 Å². The maximum absolute atomic E-state index is 13.1. The largest absolute Gasteiger partial charge is 0.505 e. The monoisotopic (exact) mass is 229 g/mol. The van der Waals surface area contributed by atoms with Gasteiger partial charge in [-0.25, -0.2) is 4.39 Å². The van der Waals surface area contributed by atoms with Crippen LogP contribution in [-0.2, 0) is 0 Å². The van der Waals surface area contributed by atoms with Gasteiger partial charge in [0.05, 0.1) is 0 Å². The van der Waals surface area contributed by atoms with E-state index in [1.54, 1.807) is 0 Å². The van der Waals surface area contributed by atoms with Crippen molar-refractivity contribution in [2.75, 3.05) is 0 Å². The van der Waals surface area contributed by atoms with Crippen LogP contribution in [0.2, 0.25) is 5.02 Å². The summed E-state index contributed by atoms with van der Waals surface area (Å²) in [7, 11) is 0. The third-order valence-electron chi connectivity index (χ3n) is 2.03. The van der Waals surface area contributed by atoms with E-state index in [9.17, 15) is 9.50 Å². The van der Waals surface area contributed by atoms with Crippen molar-refractivity contribution in [2.45, 2.75) is 19.4 Å². The smallest absolute Gasteiger partial charge is 0.166 e. The molecule has 0 saturated carbocycles. The fourth-order valence-corrected chi connectivity index (χ4v) is 1.57. The molecular weight excluding hydrogens is 217 g/mol. The Kier molecular flexibility index (Phi) is 3.72. The van der Waals surface area contributed by atoms with Gasteiger partial charge in [-0.05, 0) is 25.5 Å². The molecule has 0 aliphatic carbocycles. The highest BCUT2D eigenvalue weighted by molar-refractivity contribution is 6.30. The summed E-state index contributed by atoms with van der Waals surface area (Å²) in [4.78, 5) is 0. The van der Waals surface area contributed by atoms with E-state index in [-0.39, 0.29) is 5.02 Å². The Hall–Kier alpha value is -1.06. The summed E-state index contributed by atoms with van der Waals surface area (Å²) in [5.74, 6) is -1.19. The molecule has 0 unspecified atom stereocenters. The highest BCUT2D eigenvalue weighted by atomic mass is 35.5. The molecule has 1 rings (SSSR count). The van der Waals surface area contributed by atoms with Gasteiger partial charge in [0, 0.05) is 16.6 Å². The minimum absolute atomic E-state index is 0.220. The van der Waals surface area contributed by atoms with Crippen LogP contribution in [0.1, 0.15) is 24.9 Å². The molecule has 0 radical (unpaired) electrons. The third kappa shape index (κ3) is 2.94. The number of phenols is 1. The second-order valence-corrected chi connectivity index (χ2v) is 4.03. The van der Waals surface area contributed by atoms with Gasteiger partial charge in [0.25, 0.3) is 0 Å². The van der Waals surface area contributed by atoms with Gasteiger partial charge in [0.2, 0.25) is 0 Å². The van der Waals surface area contributed by atoms with Gasteiger partial charge in [-0.15, -0.1) is 6.58 Å². The lowest BCUT2D eigenvalue weighted by Gasteiger charge is -2.14. The van der Waals surface area contributed by atoms with E-state index in [1.807, 2.05) is 6.92 Å². The molecule has 1 aromatic carbocycles. The van der Waals surface area contributed by atoms with Gasteiger partial charge in [-0.1, -0.05) is 17.2 Å². The maximum atomic E-state index is 13.1. The molecule has 2 nitrogen and oxygen atoms in total. The molecule has 0 saturated heterocycles. The van der Waals surface area contributed by atoms with Crippen molar-refractivity contribution in [3.05, 3.63) is 40.7 Å². The number of phenolic OH excluding ortho intramolecular Hbond substituents is 1. The molecule has 0 fully saturated rings. The molecule has 3 N–H and O–H groups in total. The number of benzene rings is 1. The van der Waals surface area contributed by atoms with Crippen molar-refractivity contribution in [3.8, 4) is 5.75 Å². The van der Waals surface area contributed by atoms with Gasteiger partial charge in [0.1, 0.15) is 0 Å². The predicted octanol–water partition coefficient (Wildman–Crippen LogP) is 3.15. The Morgan fingerprint density at radius 1 is 1.67 bits per heavy atom. The number of rotatable bonds is 3. The topological polar surface area (TPSA) is 46.2 Å². The Bertz CT molecular complexity index is 392. The van der Waals surface area contributed by atoms with E-state index in [0.29, 0.717) is 12.0 Å². The second-order valence-electron chi connectivity index (χ2n) is 3.59. The van der Waals surface area contributed by atoms with Crippen LogP contribution in [0.5, 0.6) is 5.75 Å². The minimum Gasteiger partial charge on any atom is -0.505 e. The van der Waals surface area contributed by atoms with Crippen molar-refractivity contribution in [2.24, 2.45) is 5.73 Å². The average molecular weight is 230 g/mol. The Morgan fingerprint density at radius 2 is 2.27 bits per heavy atom. The summed E-state index contributed by atoms with van der Waals surface area (Å²) < 4.78 is 13.1. The Balaban J connectivity index is 3.07. The van der Waals surface area contributed by atoms with Crippen LogP contribution in [0.3, 0.4) is 0 Å². The summed E-state index contributed by atoms with van der Waals surface area (Å²) in [6.07, 6.45) is 0.480. The lowest BCUT2D eigenvalue weighted by molar-refractivity contribution is 0.420. The molecule has 0 amide bonds. The fraction of sp³-hybridized carbons (Fsp3) is 0.273. The SMILES string of the molecule is C=C(C)C[C@@H](N)c1cc(Cl)cc(F)c1O. The first kappa shape index (κ1) is 12.0. The first-order valence-electron chi connectivity index (χ1n) is 4.49. The van der Waals surface area contributed by atoms with E-state index in [1.165, 1.54) is 6.07 Å². The molecule has 15 heavy (non-hydrogen) atoms. The molecule has 82 valence electrons. The van der Waals surface area contributed by atoms with E-state index in [2.05, 4.69) is 6.58 Å². The molecule has 0 bridgehead atoms. The lowest BCUT2D eigenvalue weighted by Crippen LogP contribution is -2.11. The van der Waals surface area contributed by atoms with Crippen LogP contribution in [0, 0.1) is 5.82 Å². The van der Waals surface area contributed by atoms with E-state index in [4.69, 9.17) is 17.3 Å². The zero-order chi connectivity index (χ0) is 11.6. The highest BCUT2D eigenvalue weighted by Gasteiger charge is 2.15. The van der Waals surface area contributed by atoms with Gasteiger partial charge in [-0.3, -0.25) is 0 Å². The molecule has 0 heterocycles. The van der Waals surface area contributed by atoms with E-state index in [0.717, 1.165) is 11.6 Å². The quantitative estimate of drug-likeness (QED) is 0.783. The summed E-state index contributed by atoms with van der Waals surface area (Å²) in [6.45, 7) is 5.52. The highest BCUT2D eigenvalue weighted by Crippen LogP contribution is 2.31. The number of hydrogen-bond donors (Lipinski definition) is 2. The molecule has 4 heteroatoms. The van der Waals surface area contributed by atoms with Crippen LogP contribution in [0.25, 0.3) is 0 Å². The van der Waals surface area contributed by atoms with Gasteiger partial charge >= 0.3 is 0 Å². The van der Waals surface area contributed by atoms with E-state index < -0.39 is 17.6 Å². The standard InChI is InChI=1S/C11H13ClFNO/c1-6(2)3-10(14)8-4-7(12)5-9(13)11(8)15/h4-5,10,15H,1,3,14H2,2H3/t10-/m1/s1. The summed E-state index contributed by atoms with van der Waals surface area (Å²) in [5.41, 5.74) is 6.96.